The molecule has 0 unspecified atom stereocenters. The van der Waals surface area contributed by atoms with Crippen molar-refractivity contribution in [3.8, 4) is 0 Å². The fourth-order valence-electron chi connectivity index (χ4n) is 1.54. The van der Waals surface area contributed by atoms with E-state index in [1.165, 1.54) is 0 Å². The van der Waals surface area contributed by atoms with Crippen LogP contribution in [-0.2, 0) is 0 Å². The largest absolute Gasteiger partial charge is 0.307 e. The Kier molecular flexibility index (Phi) is 3.63. The van der Waals surface area contributed by atoms with Gasteiger partial charge in [-0.1, -0.05) is 17.7 Å². The first-order valence-corrected chi connectivity index (χ1v) is 5.94. The fourth-order valence-corrected chi connectivity index (χ4v) is 1.70. The van der Waals surface area contributed by atoms with Crippen molar-refractivity contribution in [2.45, 2.75) is 13.8 Å². The molecule has 2 rings (SSSR count). The van der Waals surface area contributed by atoms with Crippen LogP contribution in [0.15, 0.2) is 36.5 Å². The van der Waals surface area contributed by atoms with Crippen LogP contribution in [0, 0.1) is 13.8 Å². The molecule has 1 amide bonds. The van der Waals surface area contributed by atoms with Crippen LogP contribution in [-0.4, -0.2) is 10.9 Å². The van der Waals surface area contributed by atoms with Crippen LogP contribution in [0.5, 0.6) is 0 Å². The van der Waals surface area contributed by atoms with Crippen molar-refractivity contribution in [3.63, 3.8) is 0 Å². The molecule has 0 atom stereocenters. The van der Waals surface area contributed by atoms with E-state index in [1.54, 1.807) is 24.4 Å². The SMILES string of the molecule is Cc1ccc(C(=O)Nc2cc(Cl)ccn2)cc1C. The van der Waals surface area contributed by atoms with Crippen molar-refractivity contribution in [2.24, 2.45) is 0 Å². The van der Waals surface area contributed by atoms with E-state index in [9.17, 15) is 4.79 Å². The summed E-state index contributed by atoms with van der Waals surface area (Å²) in [4.78, 5) is 16.0. The molecule has 0 fully saturated rings. The Morgan fingerprint density at radius 2 is 1.94 bits per heavy atom. The van der Waals surface area contributed by atoms with Gasteiger partial charge in [-0.2, -0.15) is 0 Å². The summed E-state index contributed by atoms with van der Waals surface area (Å²) in [5.41, 5.74) is 2.86. The van der Waals surface area contributed by atoms with Gasteiger partial charge in [0.15, 0.2) is 0 Å². The molecule has 0 saturated carbocycles. The van der Waals surface area contributed by atoms with E-state index in [2.05, 4.69) is 10.3 Å². The third-order valence-electron chi connectivity index (χ3n) is 2.73. The maximum absolute atomic E-state index is 12.0. The summed E-state index contributed by atoms with van der Waals surface area (Å²) in [5, 5.41) is 3.25. The highest BCUT2D eigenvalue weighted by atomic mass is 35.5. The topological polar surface area (TPSA) is 42.0 Å². The molecule has 0 radical (unpaired) electrons. The Labute approximate surface area is 111 Å². The lowest BCUT2D eigenvalue weighted by atomic mass is 10.1. The molecule has 4 heteroatoms. The van der Waals surface area contributed by atoms with E-state index in [-0.39, 0.29) is 5.91 Å². The third-order valence-corrected chi connectivity index (χ3v) is 2.97. The molecule has 1 heterocycles. The molecule has 1 aromatic carbocycles. The van der Waals surface area contributed by atoms with E-state index in [0.717, 1.165) is 11.1 Å². The van der Waals surface area contributed by atoms with Crippen LogP contribution < -0.4 is 5.32 Å². The van der Waals surface area contributed by atoms with Gasteiger partial charge in [-0.15, -0.1) is 0 Å². The van der Waals surface area contributed by atoms with Gasteiger partial charge >= 0.3 is 0 Å². The zero-order valence-corrected chi connectivity index (χ0v) is 11.0. The van der Waals surface area contributed by atoms with Gasteiger partial charge in [0, 0.05) is 16.8 Å². The van der Waals surface area contributed by atoms with Crippen LogP contribution in [0.25, 0.3) is 0 Å². The number of nitrogens with one attached hydrogen (secondary N) is 1. The molecule has 0 bridgehead atoms. The van der Waals surface area contributed by atoms with Crippen molar-refractivity contribution in [3.05, 3.63) is 58.2 Å². The summed E-state index contributed by atoms with van der Waals surface area (Å²) in [6.07, 6.45) is 1.55. The number of aryl methyl sites for hydroxylation is 2. The summed E-state index contributed by atoms with van der Waals surface area (Å²) in [6.45, 7) is 3.99. The molecule has 0 aliphatic rings. The first kappa shape index (κ1) is 12.6. The molecule has 2 aromatic rings. The first-order chi connectivity index (χ1) is 8.56. The minimum Gasteiger partial charge on any atom is -0.307 e. The zero-order chi connectivity index (χ0) is 13.1. The number of rotatable bonds is 2. The Morgan fingerprint density at radius 3 is 2.61 bits per heavy atom. The Morgan fingerprint density at radius 1 is 1.17 bits per heavy atom. The number of benzene rings is 1. The number of carbonyl (C=O) groups is 1. The van der Waals surface area contributed by atoms with Gasteiger partial charge in [-0.3, -0.25) is 4.79 Å². The average Bonchev–Trinajstić information content (AvgIpc) is 2.32. The number of amides is 1. The normalized spacial score (nSPS) is 10.2. The summed E-state index contributed by atoms with van der Waals surface area (Å²) in [6, 6.07) is 8.85. The van der Waals surface area contributed by atoms with Crippen LogP contribution in [0.4, 0.5) is 5.82 Å². The molecule has 0 aliphatic carbocycles. The highest BCUT2D eigenvalue weighted by Gasteiger charge is 2.07. The molecule has 0 aliphatic heterocycles. The minimum atomic E-state index is -0.187. The third kappa shape index (κ3) is 2.87. The van der Waals surface area contributed by atoms with E-state index >= 15 is 0 Å². The van der Waals surface area contributed by atoms with Crippen molar-refractivity contribution < 1.29 is 4.79 Å². The van der Waals surface area contributed by atoms with Gasteiger partial charge in [-0.05, 0) is 49.2 Å². The zero-order valence-electron chi connectivity index (χ0n) is 10.2. The van der Waals surface area contributed by atoms with Crippen LogP contribution in [0.3, 0.4) is 0 Å². The predicted molar refractivity (Wildman–Crippen MR) is 73.1 cm³/mol. The van der Waals surface area contributed by atoms with Gasteiger partial charge in [0.05, 0.1) is 0 Å². The number of carbonyl (C=O) groups excluding carboxylic acids is 1. The average molecular weight is 261 g/mol. The van der Waals surface area contributed by atoms with E-state index in [1.807, 2.05) is 26.0 Å². The lowest BCUT2D eigenvalue weighted by Crippen LogP contribution is -2.13. The summed E-state index contributed by atoms with van der Waals surface area (Å²) in [5.74, 6) is 0.263. The van der Waals surface area contributed by atoms with Crippen LogP contribution >= 0.6 is 11.6 Å². The number of halogens is 1. The van der Waals surface area contributed by atoms with E-state index in [4.69, 9.17) is 11.6 Å². The standard InChI is InChI=1S/C14H13ClN2O/c1-9-3-4-11(7-10(9)2)14(18)17-13-8-12(15)5-6-16-13/h3-8H,1-2H3,(H,16,17,18). The molecule has 1 N–H and O–H groups in total. The van der Waals surface area contributed by atoms with Gasteiger partial charge < -0.3 is 5.32 Å². The molecule has 18 heavy (non-hydrogen) atoms. The van der Waals surface area contributed by atoms with Crippen molar-refractivity contribution in [1.29, 1.82) is 0 Å². The molecule has 92 valence electrons. The number of pyridine rings is 1. The van der Waals surface area contributed by atoms with Gasteiger partial charge in [0.1, 0.15) is 5.82 Å². The fraction of sp³-hybridized carbons (Fsp3) is 0.143. The molecule has 0 saturated heterocycles. The minimum absolute atomic E-state index is 0.187. The second-order valence-electron chi connectivity index (χ2n) is 4.11. The van der Waals surface area contributed by atoms with Crippen LogP contribution in [0.1, 0.15) is 21.5 Å². The number of aromatic nitrogens is 1. The molecular formula is C14H13ClN2O. The second kappa shape index (κ2) is 5.19. The van der Waals surface area contributed by atoms with E-state index < -0.39 is 0 Å². The Hall–Kier alpha value is -1.87. The number of hydrogen-bond donors (Lipinski definition) is 1. The summed E-state index contributed by atoms with van der Waals surface area (Å²) < 4.78 is 0. The number of nitrogens with zero attached hydrogens (tertiary/aromatic N) is 1. The van der Waals surface area contributed by atoms with Gasteiger partial charge in [-0.25, -0.2) is 4.98 Å². The monoisotopic (exact) mass is 260 g/mol. The smallest absolute Gasteiger partial charge is 0.256 e. The molecule has 0 spiro atoms. The number of hydrogen-bond acceptors (Lipinski definition) is 2. The molecule has 3 nitrogen and oxygen atoms in total. The summed E-state index contributed by atoms with van der Waals surface area (Å²) >= 11 is 5.83. The van der Waals surface area contributed by atoms with Crippen molar-refractivity contribution in [2.75, 3.05) is 5.32 Å². The Balaban J connectivity index is 2.19. The second-order valence-corrected chi connectivity index (χ2v) is 4.55. The quantitative estimate of drug-likeness (QED) is 0.896. The highest BCUT2D eigenvalue weighted by molar-refractivity contribution is 6.30. The summed E-state index contributed by atoms with van der Waals surface area (Å²) in [7, 11) is 0. The highest BCUT2D eigenvalue weighted by Crippen LogP contribution is 2.14. The van der Waals surface area contributed by atoms with Crippen molar-refractivity contribution in [1.82, 2.24) is 4.98 Å². The predicted octanol–water partition coefficient (Wildman–Crippen LogP) is 3.60. The van der Waals surface area contributed by atoms with Gasteiger partial charge in [0.2, 0.25) is 0 Å². The lowest BCUT2D eigenvalue weighted by molar-refractivity contribution is 0.102. The molecular weight excluding hydrogens is 248 g/mol. The van der Waals surface area contributed by atoms with Gasteiger partial charge in [0.25, 0.3) is 5.91 Å². The Bertz CT molecular complexity index is 596. The maximum atomic E-state index is 12.0. The first-order valence-electron chi connectivity index (χ1n) is 5.56. The lowest BCUT2D eigenvalue weighted by Gasteiger charge is -2.06. The molecule has 1 aromatic heterocycles. The van der Waals surface area contributed by atoms with E-state index in [0.29, 0.717) is 16.4 Å². The maximum Gasteiger partial charge on any atom is 0.256 e. The number of anilines is 1. The van der Waals surface area contributed by atoms with Crippen molar-refractivity contribution >= 4 is 23.3 Å². The van der Waals surface area contributed by atoms with Crippen LogP contribution in [0.2, 0.25) is 5.02 Å².